The lowest BCUT2D eigenvalue weighted by atomic mass is 10.1. The Hall–Kier alpha value is -9.80. The highest BCUT2D eigenvalue weighted by Crippen LogP contribution is 2.33. The van der Waals surface area contributed by atoms with E-state index in [9.17, 15) is 53.1 Å². The highest BCUT2D eigenvalue weighted by Gasteiger charge is 2.30. The van der Waals surface area contributed by atoms with Crippen LogP contribution in [0.3, 0.4) is 0 Å². The van der Waals surface area contributed by atoms with Gasteiger partial charge < -0.3 is 59.4 Å². The van der Waals surface area contributed by atoms with Gasteiger partial charge in [-0.3, -0.25) is 58.2 Å². The Labute approximate surface area is 469 Å². The molecule has 6 aromatic rings. The van der Waals surface area contributed by atoms with Crippen LogP contribution in [0.5, 0.6) is 11.5 Å². The number of primary amides is 2. The van der Waals surface area contributed by atoms with Gasteiger partial charge >= 0.3 is 17.8 Å². The number of carbonyl (C=O) groups is 10. The number of imide groups is 1. The topological polar surface area (TPSA) is 397 Å². The molecule has 7 rings (SSSR count). The number of aromatic nitrogens is 5. The van der Waals surface area contributed by atoms with E-state index in [1.54, 1.807) is 48.1 Å². The Morgan fingerprint density at radius 1 is 0.829 bits per heavy atom. The molecule has 0 saturated heterocycles. The van der Waals surface area contributed by atoms with Crippen molar-refractivity contribution in [3.05, 3.63) is 99.2 Å². The molecule has 1 aliphatic rings. The van der Waals surface area contributed by atoms with Crippen LogP contribution in [0.15, 0.2) is 62.4 Å². The fraction of sp³-hybridized carbons (Fsp3) is 0.358. The second-order valence-corrected chi connectivity index (χ2v) is 19.4. The van der Waals surface area contributed by atoms with E-state index in [4.69, 9.17) is 34.5 Å². The molecule has 4 aromatic heterocycles. The van der Waals surface area contributed by atoms with Crippen LogP contribution >= 0.6 is 11.3 Å². The number of thiazole rings is 1. The third-order valence-electron chi connectivity index (χ3n) is 12.4. The van der Waals surface area contributed by atoms with Crippen LogP contribution in [0.1, 0.15) is 111 Å². The lowest BCUT2D eigenvalue weighted by molar-refractivity contribution is -0.149. The molecule has 0 spiro atoms. The van der Waals surface area contributed by atoms with E-state index in [0.717, 1.165) is 23.5 Å². The first kappa shape index (κ1) is 59.9. The average molecular weight is 1150 g/mol. The van der Waals surface area contributed by atoms with Crippen LogP contribution in [0.2, 0.25) is 0 Å². The lowest BCUT2D eigenvalue weighted by Crippen LogP contribution is -2.51. The molecule has 432 valence electrons. The van der Waals surface area contributed by atoms with E-state index in [2.05, 4.69) is 35.9 Å². The number of carboxylic acids is 1. The van der Waals surface area contributed by atoms with Gasteiger partial charge in [0.1, 0.15) is 41.2 Å². The van der Waals surface area contributed by atoms with Crippen molar-refractivity contribution in [3.8, 4) is 11.5 Å². The number of rotatable bonds is 27. The first-order valence-corrected chi connectivity index (χ1v) is 26.4. The molecular formula is C53H58N12O16S. The van der Waals surface area contributed by atoms with Crippen LogP contribution in [-0.4, -0.2) is 132 Å². The standard InChI is InChI=1S/C53H58N12O16S/c1-7-31-45(80-27(4)57-31)50(75)61-52-60-34-20-29(47(54)72)22-36(78-19-11-12-42(71)79-26(3)24-56-49(74)33(13-16-41(69)70)59-38(66)25-65-39(67)14-15-40(65)68)43(34)63(52)17-9-10-18-64-44-35(77-6)21-30(48(55)73)23-37(44)82-53(64)62-51(76)46-32(8-2)58-28(5)81-46/h9-10,14-15,20-23,26,33H,7-8,11-13,16-19,24-25H2,1-6H3,(H2,54,72)(H2,55,73)(H,56,74)(H,59,66)(H,69,70)(H,60,61,75)/b10-9+,62-53?/t26-,33-/m0/s1. The molecule has 2 aromatic carbocycles. The van der Waals surface area contributed by atoms with Crippen molar-refractivity contribution in [2.45, 2.75) is 98.4 Å². The normalized spacial score (nSPS) is 13.2. The van der Waals surface area contributed by atoms with Gasteiger partial charge in [0.15, 0.2) is 16.6 Å². The van der Waals surface area contributed by atoms with Crippen LogP contribution in [0.4, 0.5) is 5.95 Å². The van der Waals surface area contributed by atoms with Crippen LogP contribution < -0.4 is 41.7 Å². The summed E-state index contributed by atoms with van der Waals surface area (Å²) in [6.45, 7) is 7.30. The Kier molecular flexibility index (Phi) is 19.3. The number of benzene rings is 2. The third-order valence-corrected chi connectivity index (χ3v) is 13.4. The van der Waals surface area contributed by atoms with E-state index in [-0.39, 0.29) is 108 Å². The molecule has 28 nitrogen and oxygen atoms in total. The lowest BCUT2D eigenvalue weighted by Gasteiger charge is -2.21. The zero-order valence-corrected chi connectivity index (χ0v) is 46.1. The van der Waals surface area contributed by atoms with Gasteiger partial charge in [0.25, 0.3) is 17.7 Å². The molecule has 0 fully saturated rings. The number of anilines is 1. The summed E-state index contributed by atoms with van der Waals surface area (Å²) in [6.07, 6.45) is 4.33. The van der Waals surface area contributed by atoms with Gasteiger partial charge in [-0.2, -0.15) is 4.99 Å². The molecular weight excluding hydrogens is 1090 g/mol. The highest BCUT2D eigenvalue weighted by atomic mass is 32.1. The summed E-state index contributed by atoms with van der Waals surface area (Å²) in [6, 6.07) is 4.47. The van der Waals surface area contributed by atoms with Gasteiger partial charge in [0.2, 0.25) is 41.1 Å². The van der Waals surface area contributed by atoms with E-state index < -0.39 is 84.3 Å². The maximum atomic E-state index is 13.9. The van der Waals surface area contributed by atoms with Gasteiger partial charge in [-0.1, -0.05) is 37.3 Å². The number of hydrogen-bond acceptors (Lipinski definition) is 19. The molecule has 0 radical (unpaired) electrons. The second-order valence-electron chi connectivity index (χ2n) is 18.4. The number of esters is 1. The number of methoxy groups -OCH3 is 1. The van der Waals surface area contributed by atoms with E-state index in [1.807, 2.05) is 6.92 Å². The van der Waals surface area contributed by atoms with Crippen molar-refractivity contribution in [2.75, 3.05) is 32.1 Å². The molecule has 5 heterocycles. The number of nitrogens with zero attached hydrogens (tertiary/aromatic N) is 7. The maximum Gasteiger partial charge on any atom is 0.317 e. The van der Waals surface area contributed by atoms with E-state index in [0.29, 0.717) is 44.9 Å². The van der Waals surface area contributed by atoms with Crippen LogP contribution in [0, 0.1) is 13.8 Å². The smallest absolute Gasteiger partial charge is 0.317 e. The van der Waals surface area contributed by atoms with Gasteiger partial charge in [-0.05, 0) is 56.9 Å². The summed E-state index contributed by atoms with van der Waals surface area (Å²) in [5, 5.41) is 16.9. The zero-order valence-electron chi connectivity index (χ0n) is 45.3. The quantitative estimate of drug-likeness (QED) is 0.0187. The first-order chi connectivity index (χ1) is 39.1. The van der Waals surface area contributed by atoms with E-state index in [1.165, 1.54) is 32.2 Å². The number of ether oxygens (including phenoxy) is 3. The van der Waals surface area contributed by atoms with Crippen LogP contribution in [-0.2, 0) is 59.4 Å². The molecule has 82 heavy (non-hydrogen) atoms. The molecule has 29 heteroatoms. The van der Waals surface area contributed by atoms with Crippen molar-refractivity contribution in [1.82, 2.24) is 39.6 Å². The second kappa shape index (κ2) is 26.4. The number of hydrogen-bond donors (Lipinski definition) is 6. The summed E-state index contributed by atoms with van der Waals surface area (Å²) in [5.41, 5.74) is 13.4. The summed E-state index contributed by atoms with van der Waals surface area (Å²) in [4.78, 5) is 145. The van der Waals surface area contributed by atoms with Crippen molar-refractivity contribution in [1.29, 1.82) is 0 Å². The molecule has 2 atom stereocenters. The van der Waals surface area contributed by atoms with Crippen molar-refractivity contribution in [3.63, 3.8) is 0 Å². The SMILES string of the molecule is CCc1nc(C)oc1C(=O)N=c1sc2cc(C(N)=O)cc(OC)c2n1C/C=C/Cn1c(NC(=O)c2oc(C)nc2CC)nc2cc(C(N)=O)cc(OCCCC(=O)O[C@@H](C)CNC(=O)[C@H](CCC(=O)O)NC(=O)CN3C(=O)C=CC3=O)c21. The Morgan fingerprint density at radius 3 is 2.09 bits per heavy atom. The predicted octanol–water partition coefficient (Wildman–Crippen LogP) is 2.71. The Morgan fingerprint density at radius 2 is 1.45 bits per heavy atom. The minimum absolute atomic E-state index is 0.000360. The summed E-state index contributed by atoms with van der Waals surface area (Å²) in [5.74, 6) is -7.16. The van der Waals surface area contributed by atoms with Gasteiger partial charge in [0, 0.05) is 63.1 Å². The third kappa shape index (κ3) is 14.3. The van der Waals surface area contributed by atoms with Gasteiger partial charge in [-0.25, -0.2) is 15.0 Å². The minimum Gasteiger partial charge on any atom is -0.494 e. The molecule has 0 saturated carbocycles. The number of fused-ring (bicyclic) bond motifs is 2. The number of imidazole rings is 1. The fourth-order valence-electron chi connectivity index (χ4n) is 8.50. The molecule has 0 aliphatic carbocycles. The number of allylic oxidation sites excluding steroid dienone is 2. The molecule has 0 bridgehead atoms. The van der Waals surface area contributed by atoms with E-state index >= 15 is 0 Å². The number of nitrogens with one attached hydrogen (secondary N) is 3. The van der Waals surface area contributed by atoms with Gasteiger partial charge in [0.05, 0.1) is 41.9 Å². The number of nitrogens with two attached hydrogens (primary N) is 2. The van der Waals surface area contributed by atoms with Crippen LogP contribution in [0.25, 0.3) is 21.3 Å². The first-order valence-electron chi connectivity index (χ1n) is 25.6. The zero-order chi connectivity index (χ0) is 59.5. The van der Waals surface area contributed by atoms with Crippen molar-refractivity contribution < 1.29 is 76.1 Å². The number of carboxylic acid groups (broad SMARTS) is 1. The summed E-state index contributed by atoms with van der Waals surface area (Å²) in [7, 11) is 1.42. The Bertz CT molecular complexity index is 3660. The molecule has 1 aliphatic heterocycles. The number of carbonyl (C=O) groups excluding carboxylic acids is 9. The monoisotopic (exact) mass is 1150 g/mol. The van der Waals surface area contributed by atoms with Gasteiger partial charge in [-0.15, -0.1) is 0 Å². The average Bonchev–Trinajstić information content (AvgIpc) is 4.40. The number of oxazole rings is 2. The number of aliphatic carboxylic acids is 1. The Balaban J connectivity index is 1.11. The van der Waals surface area contributed by atoms with Crippen molar-refractivity contribution >= 4 is 97.7 Å². The molecule has 8 amide bonds. The number of aryl methyl sites for hydroxylation is 4. The summed E-state index contributed by atoms with van der Waals surface area (Å²) < 4.78 is 32.5. The maximum absolute atomic E-state index is 13.9. The molecule has 8 N–H and O–H groups in total. The number of amides is 8. The highest BCUT2D eigenvalue weighted by molar-refractivity contribution is 7.16. The predicted molar refractivity (Wildman–Crippen MR) is 289 cm³/mol. The summed E-state index contributed by atoms with van der Waals surface area (Å²) >= 11 is 1.10. The van der Waals surface area contributed by atoms with Crippen molar-refractivity contribution in [2.24, 2.45) is 16.5 Å². The minimum atomic E-state index is -1.37. The molecule has 0 unspecified atom stereocenters. The fourth-order valence-corrected chi connectivity index (χ4v) is 9.59. The largest absolute Gasteiger partial charge is 0.494 e.